The molecule has 128 valence electrons. The monoisotopic (exact) mass is 339 g/mol. The van der Waals surface area contributed by atoms with Crippen LogP contribution in [0, 0.1) is 5.92 Å². The number of anilines is 1. The molecular weight excluding hydrogens is 314 g/mol. The first-order chi connectivity index (χ1) is 11.0. The second-order valence-corrected chi connectivity index (χ2v) is 8.09. The van der Waals surface area contributed by atoms with Crippen LogP contribution in [-0.2, 0) is 14.6 Å². The van der Waals surface area contributed by atoms with Gasteiger partial charge in [-0.05, 0) is 30.9 Å². The fraction of sp³-hybridized carbons (Fsp3) is 0.625. The zero-order chi connectivity index (χ0) is 16.7. The number of aromatic nitrogens is 1. The van der Waals surface area contributed by atoms with Gasteiger partial charge in [0, 0.05) is 32.0 Å². The highest BCUT2D eigenvalue weighted by molar-refractivity contribution is 7.90. The molecule has 1 saturated carbocycles. The van der Waals surface area contributed by atoms with Gasteiger partial charge in [0.05, 0.1) is 0 Å². The summed E-state index contributed by atoms with van der Waals surface area (Å²) in [5.74, 6) is 0.920. The van der Waals surface area contributed by atoms with E-state index >= 15 is 0 Å². The lowest BCUT2D eigenvalue weighted by Crippen LogP contribution is -2.30. The summed E-state index contributed by atoms with van der Waals surface area (Å²) in [6, 6.07) is 3.11. The van der Waals surface area contributed by atoms with Gasteiger partial charge in [0.15, 0.2) is 9.84 Å². The van der Waals surface area contributed by atoms with Crippen molar-refractivity contribution >= 4 is 21.6 Å². The molecule has 0 bridgehead atoms. The largest absolute Gasteiger partial charge is 0.367 e. The van der Waals surface area contributed by atoms with E-state index in [4.69, 9.17) is 0 Å². The van der Waals surface area contributed by atoms with E-state index in [1.165, 1.54) is 25.3 Å². The van der Waals surface area contributed by atoms with Crippen LogP contribution in [0.1, 0.15) is 38.5 Å². The Kier molecular flexibility index (Phi) is 6.38. The van der Waals surface area contributed by atoms with Crippen molar-refractivity contribution in [1.82, 2.24) is 10.3 Å². The first kappa shape index (κ1) is 17.7. The van der Waals surface area contributed by atoms with Crippen LogP contribution >= 0.6 is 0 Å². The fourth-order valence-electron chi connectivity index (χ4n) is 2.93. The summed E-state index contributed by atoms with van der Waals surface area (Å²) < 4.78 is 23.3. The number of hydrogen-bond donors (Lipinski definition) is 2. The Balaban J connectivity index is 1.74. The molecule has 23 heavy (non-hydrogen) atoms. The molecule has 0 saturated heterocycles. The Hall–Kier alpha value is -1.63. The van der Waals surface area contributed by atoms with Crippen molar-refractivity contribution < 1.29 is 13.2 Å². The average molecular weight is 339 g/mol. The van der Waals surface area contributed by atoms with Gasteiger partial charge in [-0.3, -0.25) is 4.79 Å². The summed E-state index contributed by atoms with van der Waals surface area (Å²) in [5, 5.41) is 5.85. The number of carbonyl (C=O) groups is 1. The molecule has 0 atom stereocenters. The molecule has 1 aliphatic carbocycles. The second kappa shape index (κ2) is 8.29. The van der Waals surface area contributed by atoms with Crippen LogP contribution in [0.15, 0.2) is 23.2 Å². The molecule has 1 aromatic rings. The summed E-state index contributed by atoms with van der Waals surface area (Å²) in [7, 11) is -3.32. The smallest absolute Gasteiger partial charge is 0.220 e. The van der Waals surface area contributed by atoms with Crippen LogP contribution in [0.2, 0.25) is 0 Å². The molecule has 0 unspecified atom stereocenters. The molecular formula is C16H25N3O3S. The van der Waals surface area contributed by atoms with Crippen LogP contribution < -0.4 is 10.6 Å². The van der Waals surface area contributed by atoms with Crippen LogP contribution in [0.4, 0.5) is 5.82 Å². The van der Waals surface area contributed by atoms with E-state index in [2.05, 4.69) is 15.6 Å². The van der Waals surface area contributed by atoms with Gasteiger partial charge in [-0.25, -0.2) is 13.4 Å². The summed E-state index contributed by atoms with van der Waals surface area (Å²) in [5.41, 5.74) is 0. The number of amides is 1. The summed E-state index contributed by atoms with van der Waals surface area (Å²) >= 11 is 0. The Bertz CT molecular complexity index is 625. The number of nitrogens with one attached hydrogen (secondary N) is 2. The van der Waals surface area contributed by atoms with Gasteiger partial charge in [-0.2, -0.15) is 0 Å². The zero-order valence-corrected chi connectivity index (χ0v) is 14.4. The minimum atomic E-state index is -3.32. The fourth-order valence-corrected chi connectivity index (χ4v) is 3.73. The first-order valence-electron chi connectivity index (χ1n) is 8.12. The molecule has 2 N–H and O–H groups in total. The predicted molar refractivity (Wildman–Crippen MR) is 90.0 cm³/mol. The van der Waals surface area contributed by atoms with Crippen LogP contribution in [0.3, 0.4) is 0 Å². The SMILES string of the molecule is CS(=O)(=O)c1cccnc1NCCNC(=O)CC1CCCCC1. The third-order valence-corrected chi connectivity index (χ3v) is 5.24. The molecule has 0 aliphatic heterocycles. The normalized spacial score (nSPS) is 16.0. The molecule has 1 amide bonds. The van der Waals surface area contributed by atoms with Gasteiger partial charge in [-0.15, -0.1) is 0 Å². The predicted octanol–water partition coefficient (Wildman–Crippen LogP) is 1.98. The third kappa shape index (κ3) is 5.82. The van der Waals surface area contributed by atoms with E-state index in [-0.39, 0.29) is 10.8 Å². The molecule has 0 radical (unpaired) electrons. The van der Waals surface area contributed by atoms with Crippen LogP contribution in [0.25, 0.3) is 0 Å². The molecule has 0 aromatic carbocycles. The lowest BCUT2D eigenvalue weighted by atomic mass is 9.87. The highest BCUT2D eigenvalue weighted by Gasteiger charge is 2.17. The topological polar surface area (TPSA) is 88.2 Å². The van der Waals surface area contributed by atoms with Crippen molar-refractivity contribution in [1.29, 1.82) is 0 Å². The van der Waals surface area contributed by atoms with Crippen molar-refractivity contribution in [3.63, 3.8) is 0 Å². The Morgan fingerprint density at radius 2 is 2.00 bits per heavy atom. The average Bonchev–Trinajstić information content (AvgIpc) is 2.52. The molecule has 1 fully saturated rings. The minimum absolute atomic E-state index is 0.0723. The number of sulfone groups is 1. The Morgan fingerprint density at radius 3 is 2.70 bits per heavy atom. The van der Waals surface area contributed by atoms with Crippen LogP contribution in [-0.4, -0.2) is 38.7 Å². The van der Waals surface area contributed by atoms with Gasteiger partial charge in [0.1, 0.15) is 10.7 Å². The van der Waals surface area contributed by atoms with Gasteiger partial charge < -0.3 is 10.6 Å². The van der Waals surface area contributed by atoms with Gasteiger partial charge in [0.2, 0.25) is 5.91 Å². The number of rotatable bonds is 7. The van der Waals surface area contributed by atoms with E-state index in [0.717, 1.165) is 19.1 Å². The highest BCUT2D eigenvalue weighted by atomic mass is 32.2. The maximum absolute atomic E-state index is 11.9. The quantitative estimate of drug-likeness (QED) is 0.742. The van der Waals surface area contributed by atoms with E-state index in [0.29, 0.717) is 31.2 Å². The van der Waals surface area contributed by atoms with Crippen molar-refractivity contribution in [2.45, 2.75) is 43.4 Å². The van der Waals surface area contributed by atoms with E-state index in [9.17, 15) is 13.2 Å². The standard InChI is InChI=1S/C16H25N3O3S/c1-23(21,22)14-8-5-9-18-16(14)19-11-10-17-15(20)12-13-6-3-2-4-7-13/h5,8-9,13H,2-4,6-7,10-12H2,1H3,(H,17,20)(H,18,19). The molecule has 6 nitrogen and oxygen atoms in total. The third-order valence-electron chi connectivity index (χ3n) is 4.11. The summed E-state index contributed by atoms with van der Waals surface area (Å²) in [6.45, 7) is 0.890. The van der Waals surface area contributed by atoms with E-state index in [1.807, 2.05) is 0 Å². The number of nitrogens with zero attached hydrogens (tertiary/aromatic N) is 1. The molecule has 2 rings (SSSR count). The Labute approximate surface area is 138 Å². The molecule has 1 heterocycles. The molecule has 7 heteroatoms. The summed E-state index contributed by atoms with van der Waals surface area (Å²) in [6.07, 6.45) is 9.34. The maximum Gasteiger partial charge on any atom is 0.220 e. The molecule has 0 spiro atoms. The molecule has 1 aliphatic rings. The highest BCUT2D eigenvalue weighted by Crippen LogP contribution is 2.26. The number of hydrogen-bond acceptors (Lipinski definition) is 5. The van der Waals surface area contributed by atoms with Crippen molar-refractivity contribution in [3.8, 4) is 0 Å². The Morgan fingerprint density at radius 1 is 1.26 bits per heavy atom. The lowest BCUT2D eigenvalue weighted by molar-refractivity contribution is -0.122. The van der Waals surface area contributed by atoms with Crippen molar-refractivity contribution in [3.05, 3.63) is 18.3 Å². The van der Waals surface area contributed by atoms with Crippen molar-refractivity contribution in [2.24, 2.45) is 5.92 Å². The second-order valence-electron chi connectivity index (χ2n) is 6.11. The summed E-state index contributed by atoms with van der Waals surface area (Å²) in [4.78, 5) is 16.1. The van der Waals surface area contributed by atoms with Gasteiger partial charge in [-0.1, -0.05) is 19.3 Å². The van der Waals surface area contributed by atoms with Crippen LogP contribution in [0.5, 0.6) is 0 Å². The van der Waals surface area contributed by atoms with E-state index < -0.39 is 9.84 Å². The maximum atomic E-state index is 11.9. The van der Waals surface area contributed by atoms with Gasteiger partial charge >= 0.3 is 0 Å². The lowest BCUT2D eigenvalue weighted by Gasteiger charge is -2.20. The number of carbonyl (C=O) groups excluding carboxylic acids is 1. The zero-order valence-electron chi connectivity index (χ0n) is 13.5. The minimum Gasteiger partial charge on any atom is -0.367 e. The van der Waals surface area contributed by atoms with Gasteiger partial charge in [0.25, 0.3) is 0 Å². The van der Waals surface area contributed by atoms with Crippen molar-refractivity contribution in [2.75, 3.05) is 24.7 Å². The first-order valence-corrected chi connectivity index (χ1v) is 10.0. The van der Waals surface area contributed by atoms with E-state index in [1.54, 1.807) is 12.3 Å². The number of pyridine rings is 1. The molecule has 1 aromatic heterocycles.